The van der Waals surface area contributed by atoms with Crippen molar-refractivity contribution in [2.24, 2.45) is 0 Å². The van der Waals surface area contributed by atoms with Crippen LogP contribution in [0.15, 0.2) is 78.6 Å². The Morgan fingerprint density at radius 2 is 0.857 bits per heavy atom. The minimum atomic E-state index is -0.887. The van der Waals surface area contributed by atoms with Crippen LogP contribution < -0.4 is 0 Å². The Bertz CT molecular complexity index is 1240. The molecule has 0 spiro atoms. The van der Waals surface area contributed by atoms with Gasteiger partial charge in [0, 0.05) is 23.5 Å². The molecule has 0 radical (unpaired) electrons. The molecule has 140 valence electrons. The van der Waals surface area contributed by atoms with Crippen LogP contribution in [-0.4, -0.2) is 0 Å². The van der Waals surface area contributed by atoms with Crippen molar-refractivity contribution < 1.29 is 8.78 Å². The van der Waals surface area contributed by atoms with E-state index in [4.69, 9.17) is 0 Å². The van der Waals surface area contributed by atoms with Crippen LogP contribution >= 0.6 is 63.7 Å². The number of fused-ring (bicyclic) bond motifs is 1. The summed E-state index contributed by atoms with van der Waals surface area (Å²) in [4.78, 5) is 0. The molecule has 0 aliphatic carbocycles. The first-order valence-corrected chi connectivity index (χ1v) is 11.3. The average Bonchev–Trinajstić information content (AvgIpc) is 2.66. The first-order valence-electron chi connectivity index (χ1n) is 8.18. The van der Waals surface area contributed by atoms with E-state index in [2.05, 4.69) is 88.0 Å². The van der Waals surface area contributed by atoms with E-state index in [1.807, 2.05) is 24.3 Å². The van der Waals surface area contributed by atoms with Crippen molar-refractivity contribution in [1.82, 2.24) is 0 Å². The number of rotatable bonds is 2. The molecular weight excluding hydrogens is 622 g/mol. The maximum absolute atomic E-state index is 13.8. The van der Waals surface area contributed by atoms with E-state index >= 15 is 0 Å². The van der Waals surface area contributed by atoms with Crippen molar-refractivity contribution in [3.8, 4) is 22.3 Å². The lowest BCUT2D eigenvalue weighted by Crippen LogP contribution is -1.91. The topological polar surface area (TPSA) is 0 Å². The predicted octanol–water partition coefficient (Wildman–Crippen LogP) is 9.50. The van der Waals surface area contributed by atoms with Gasteiger partial charge in [0.25, 0.3) is 0 Å². The highest BCUT2D eigenvalue weighted by molar-refractivity contribution is 9.11. The summed E-state index contributed by atoms with van der Waals surface area (Å²) in [6.45, 7) is 0. The van der Waals surface area contributed by atoms with Gasteiger partial charge in [-0.05, 0) is 63.9 Å². The molecule has 0 saturated carbocycles. The third kappa shape index (κ3) is 3.72. The van der Waals surface area contributed by atoms with Gasteiger partial charge >= 0.3 is 0 Å². The summed E-state index contributed by atoms with van der Waals surface area (Å²) in [5.74, 6) is -1.77. The van der Waals surface area contributed by atoms with E-state index in [-0.39, 0.29) is 0 Å². The van der Waals surface area contributed by atoms with Crippen molar-refractivity contribution in [3.05, 3.63) is 90.2 Å². The van der Waals surface area contributed by atoms with Crippen LogP contribution in [0.3, 0.4) is 0 Å². The second kappa shape index (κ2) is 7.98. The summed E-state index contributed by atoms with van der Waals surface area (Å²) < 4.78 is 30.4. The first-order chi connectivity index (χ1) is 13.3. The molecule has 4 rings (SSSR count). The zero-order valence-electron chi connectivity index (χ0n) is 14.0. The second-order valence-corrected chi connectivity index (χ2v) is 9.65. The highest BCUT2D eigenvalue weighted by Crippen LogP contribution is 2.43. The molecule has 28 heavy (non-hydrogen) atoms. The Hall–Kier alpha value is -1.08. The van der Waals surface area contributed by atoms with E-state index < -0.39 is 11.6 Å². The zero-order chi connectivity index (χ0) is 20.0. The van der Waals surface area contributed by atoms with Crippen LogP contribution in [0, 0.1) is 11.6 Å². The predicted molar refractivity (Wildman–Crippen MR) is 126 cm³/mol. The van der Waals surface area contributed by atoms with Gasteiger partial charge in [-0.1, -0.05) is 88.0 Å². The molecule has 0 nitrogen and oxygen atoms in total. The fourth-order valence-corrected chi connectivity index (χ4v) is 5.33. The summed E-state index contributed by atoms with van der Waals surface area (Å²) in [5.41, 5.74) is 3.32. The molecule has 0 atom stereocenters. The largest absolute Gasteiger partial charge is 0.204 e. The highest BCUT2D eigenvalue weighted by Gasteiger charge is 2.16. The maximum atomic E-state index is 13.8. The third-order valence-corrected chi connectivity index (χ3v) is 7.11. The lowest BCUT2D eigenvalue weighted by atomic mass is 9.98. The Morgan fingerprint density at radius 3 is 1.46 bits per heavy atom. The van der Waals surface area contributed by atoms with Crippen molar-refractivity contribution in [3.63, 3.8) is 0 Å². The summed E-state index contributed by atoms with van der Waals surface area (Å²) in [7, 11) is 0. The van der Waals surface area contributed by atoms with Gasteiger partial charge in [0.2, 0.25) is 0 Å². The van der Waals surface area contributed by atoms with Crippen molar-refractivity contribution >= 4 is 74.5 Å². The minimum absolute atomic E-state index is 0.485. The molecular formula is C22H10Br4F2. The van der Waals surface area contributed by atoms with Crippen LogP contribution in [-0.2, 0) is 0 Å². The van der Waals surface area contributed by atoms with Crippen LogP contribution in [0.25, 0.3) is 33.0 Å². The Morgan fingerprint density at radius 1 is 0.464 bits per heavy atom. The van der Waals surface area contributed by atoms with Crippen LogP contribution in [0.4, 0.5) is 8.78 Å². The van der Waals surface area contributed by atoms with Gasteiger partial charge in [0.15, 0.2) is 11.6 Å². The molecule has 0 aliphatic heterocycles. The van der Waals surface area contributed by atoms with Crippen LogP contribution in [0.2, 0.25) is 0 Å². The highest BCUT2D eigenvalue weighted by atomic mass is 79.9. The van der Waals surface area contributed by atoms with Crippen molar-refractivity contribution in [2.75, 3.05) is 0 Å². The fraction of sp³-hybridized carbons (Fsp3) is 0. The van der Waals surface area contributed by atoms with E-state index in [1.165, 1.54) is 6.07 Å². The van der Waals surface area contributed by atoms with Gasteiger partial charge in [-0.2, -0.15) is 0 Å². The van der Waals surface area contributed by atoms with Gasteiger partial charge in [0.05, 0.1) is 0 Å². The fourth-order valence-electron chi connectivity index (χ4n) is 3.11. The van der Waals surface area contributed by atoms with Crippen LogP contribution in [0.5, 0.6) is 0 Å². The standard InChI is InChI=1S/C22H10Br4F2/c23-17-6-12-4-2-1-3-11(12)5-13(17)14-7-19(25)15(8-18(14)24)16-9-21(27)22(28)10-20(16)26/h1-10H. The Balaban J connectivity index is 1.90. The summed E-state index contributed by atoms with van der Waals surface area (Å²) in [6, 6.07) is 18.6. The molecule has 0 fully saturated rings. The van der Waals surface area contributed by atoms with Gasteiger partial charge in [-0.15, -0.1) is 0 Å². The molecule has 0 heterocycles. The normalized spacial score (nSPS) is 11.2. The second-order valence-electron chi connectivity index (χ2n) is 6.24. The van der Waals surface area contributed by atoms with E-state index in [0.717, 1.165) is 46.9 Å². The molecule has 0 bridgehead atoms. The third-order valence-electron chi connectivity index (χ3n) is 4.48. The van der Waals surface area contributed by atoms with E-state index in [0.29, 0.717) is 10.0 Å². The van der Waals surface area contributed by atoms with E-state index in [1.54, 1.807) is 0 Å². The van der Waals surface area contributed by atoms with Gasteiger partial charge < -0.3 is 0 Å². The minimum Gasteiger partial charge on any atom is -0.204 e. The molecule has 0 unspecified atom stereocenters. The molecule has 0 aliphatic rings. The molecule has 4 aromatic carbocycles. The average molecular weight is 632 g/mol. The Kier molecular flexibility index (Phi) is 5.76. The van der Waals surface area contributed by atoms with Crippen molar-refractivity contribution in [1.29, 1.82) is 0 Å². The van der Waals surface area contributed by atoms with Crippen LogP contribution in [0.1, 0.15) is 0 Å². The molecule has 6 heteroatoms. The number of halogens is 6. The number of hydrogen-bond donors (Lipinski definition) is 0. The molecule has 0 amide bonds. The van der Waals surface area contributed by atoms with Gasteiger partial charge in [-0.3, -0.25) is 0 Å². The summed E-state index contributed by atoms with van der Waals surface area (Å²) in [5, 5.41) is 2.28. The summed E-state index contributed by atoms with van der Waals surface area (Å²) >= 11 is 14.2. The number of benzene rings is 4. The van der Waals surface area contributed by atoms with Gasteiger partial charge in [-0.25, -0.2) is 8.78 Å². The molecule has 4 aromatic rings. The van der Waals surface area contributed by atoms with Gasteiger partial charge in [0.1, 0.15) is 0 Å². The molecule has 0 saturated heterocycles. The van der Waals surface area contributed by atoms with E-state index in [9.17, 15) is 8.78 Å². The molecule has 0 N–H and O–H groups in total. The quantitative estimate of drug-likeness (QED) is 0.193. The Labute approximate surface area is 194 Å². The lowest BCUT2D eigenvalue weighted by molar-refractivity contribution is 0.508. The molecule has 0 aromatic heterocycles. The van der Waals surface area contributed by atoms with Crippen molar-refractivity contribution in [2.45, 2.75) is 0 Å². The smallest absolute Gasteiger partial charge is 0.159 e. The monoisotopic (exact) mass is 628 g/mol. The zero-order valence-corrected chi connectivity index (χ0v) is 20.4. The maximum Gasteiger partial charge on any atom is 0.159 e. The SMILES string of the molecule is Fc1cc(Br)c(-c2cc(Br)c(-c3cc4ccccc4cc3Br)cc2Br)cc1F. The summed E-state index contributed by atoms with van der Waals surface area (Å²) in [6.07, 6.45) is 0. The first kappa shape index (κ1) is 20.2. The number of hydrogen-bond acceptors (Lipinski definition) is 0. The lowest BCUT2D eigenvalue weighted by Gasteiger charge is -2.14.